The van der Waals surface area contributed by atoms with Gasteiger partial charge in [0.05, 0.1) is 11.4 Å². The van der Waals surface area contributed by atoms with Crippen LogP contribution in [0.5, 0.6) is 0 Å². The summed E-state index contributed by atoms with van der Waals surface area (Å²) >= 11 is 2.24. The first kappa shape index (κ1) is 13.5. The van der Waals surface area contributed by atoms with E-state index in [-0.39, 0.29) is 0 Å². The van der Waals surface area contributed by atoms with Crippen LogP contribution in [0.4, 0.5) is 4.39 Å². The number of pyridine rings is 1. The van der Waals surface area contributed by atoms with Crippen molar-refractivity contribution in [1.29, 1.82) is 0 Å². The lowest BCUT2D eigenvalue weighted by atomic mass is 10.1. The fraction of sp³-hybridized carbons (Fsp3) is 0.385. The summed E-state index contributed by atoms with van der Waals surface area (Å²) in [7, 11) is 0. The summed E-state index contributed by atoms with van der Waals surface area (Å²) in [6, 6.07) is 3.09. The van der Waals surface area contributed by atoms with E-state index in [2.05, 4.69) is 46.5 Å². The molecule has 0 fully saturated rings. The minimum Gasteiger partial charge on any atom is -0.235 e. The van der Waals surface area contributed by atoms with Crippen molar-refractivity contribution in [2.24, 2.45) is 0 Å². The Labute approximate surface area is 120 Å². The van der Waals surface area contributed by atoms with Crippen molar-refractivity contribution in [2.45, 2.75) is 33.6 Å². The van der Waals surface area contributed by atoms with Crippen LogP contribution in [0, 0.1) is 23.5 Å². The summed E-state index contributed by atoms with van der Waals surface area (Å²) in [6.45, 7) is 8.12. The molecule has 0 amide bonds. The highest BCUT2D eigenvalue weighted by atomic mass is 127. The molecule has 2 aromatic heterocycles. The van der Waals surface area contributed by atoms with Gasteiger partial charge in [0, 0.05) is 11.3 Å². The molecular weight excluding hydrogens is 344 g/mol. The maximum absolute atomic E-state index is 13.0. The minimum atomic E-state index is -0.458. The first-order valence-corrected chi connectivity index (χ1v) is 6.88. The summed E-state index contributed by atoms with van der Waals surface area (Å²) in [5.74, 6) is -0.0424. The van der Waals surface area contributed by atoms with Gasteiger partial charge in [0.2, 0.25) is 5.95 Å². The zero-order chi connectivity index (χ0) is 13.4. The van der Waals surface area contributed by atoms with E-state index >= 15 is 0 Å². The van der Waals surface area contributed by atoms with E-state index in [0.717, 1.165) is 15.1 Å². The number of hydrogen-bond donors (Lipinski definition) is 0. The van der Waals surface area contributed by atoms with E-state index in [1.54, 1.807) is 13.0 Å². The normalized spacial score (nSPS) is 11.3. The molecular formula is C13H15FIN3. The SMILES string of the molecule is Cc1nc(F)ccc1-n1nc(I)c(C(C)C)c1C. The molecule has 0 radical (unpaired) electrons. The predicted octanol–water partition coefficient (Wildman–Crippen LogP) is 3.75. The van der Waals surface area contributed by atoms with Crippen molar-refractivity contribution in [3.8, 4) is 5.69 Å². The molecule has 0 saturated heterocycles. The Kier molecular flexibility index (Phi) is 3.70. The summed E-state index contributed by atoms with van der Waals surface area (Å²) < 4.78 is 15.9. The summed E-state index contributed by atoms with van der Waals surface area (Å²) in [5.41, 5.74) is 3.80. The molecule has 18 heavy (non-hydrogen) atoms. The molecule has 0 saturated carbocycles. The molecule has 2 heterocycles. The van der Waals surface area contributed by atoms with Crippen molar-refractivity contribution in [3.63, 3.8) is 0 Å². The van der Waals surface area contributed by atoms with Crippen molar-refractivity contribution in [2.75, 3.05) is 0 Å². The first-order chi connectivity index (χ1) is 8.41. The Morgan fingerprint density at radius 3 is 2.44 bits per heavy atom. The Balaban J connectivity index is 2.62. The van der Waals surface area contributed by atoms with Gasteiger partial charge in [-0.15, -0.1) is 0 Å². The van der Waals surface area contributed by atoms with Gasteiger partial charge in [-0.3, -0.25) is 0 Å². The molecule has 0 aromatic carbocycles. The van der Waals surface area contributed by atoms with Gasteiger partial charge in [-0.2, -0.15) is 9.49 Å². The van der Waals surface area contributed by atoms with E-state index in [4.69, 9.17) is 0 Å². The molecule has 2 rings (SSSR count). The molecule has 0 atom stereocenters. The lowest BCUT2D eigenvalue weighted by molar-refractivity contribution is 0.578. The van der Waals surface area contributed by atoms with Crippen molar-refractivity contribution in [3.05, 3.63) is 38.7 Å². The molecule has 0 bridgehead atoms. The number of hydrogen-bond acceptors (Lipinski definition) is 2. The lowest BCUT2D eigenvalue weighted by Crippen LogP contribution is -2.04. The second-order valence-corrected chi connectivity index (χ2v) is 5.62. The van der Waals surface area contributed by atoms with Crippen LogP contribution < -0.4 is 0 Å². The van der Waals surface area contributed by atoms with E-state index in [1.807, 2.05) is 11.6 Å². The average Bonchev–Trinajstić information content (AvgIpc) is 2.54. The van der Waals surface area contributed by atoms with Gasteiger partial charge in [0.15, 0.2) is 0 Å². The lowest BCUT2D eigenvalue weighted by Gasteiger charge is -2.09. The van der Waals surface area contributed by atoms with Gasteiger partial charge in [-0.25, -0.2) is 9.67 Å². The number of halogens is 2. The molecule has 2 aromatic rings. The predicted molar refractivity (Wildman–Crippen MR) is 77.6 cm³/mol. The maximum atomic E-state index is 13.0. The fourth-order valence-corrected chi connectivity index (χ4v) is 3.35. The molecule has 0 aliphatic rings. The average molecular weight is 359 g/mol. The minimum absolute atomic E-state index is 0.416. The summed E-state index contributed by atoms with van der Waals surface area (Å²) in [6.07, 6.45) is 0. The quantitative estimate of drug-likeness (QED) is 0.604. The van der Waals surface area contributed by atoms with Crippen molar-refractivity contribution >= 4 is 22.6 Å². The Hall–Kier alpha value is -0.980. The van der Waals surface area contributed by atoms with E-state index in [9.17, 15) is 4.39 Å². The first-order valence-electron chi connectivity index (χ1n) is 5.80. The molecule has 0 unspecified atom stereocenters. The second kappa shape index (κ2) is 4.95. The topological polar surface area (TPSA) is 30.7 Å². The highest BCUT2D eigenvalue weighted by Gasteiger charge is 2.17. The monoisotopic (exact) mass is 359 g/mol. The van der Waals surface area contributed by atoms with Gasteiger partial charge >= 0.3 is 0 Å². The third kappa shape index (κ3) is 2.28. The number of rotatable bonds is 2. The van der Waals surface area contributed by atoms with E-state index in [1.165, 1.54) is 11.6 Å². The zero-order valence-electron chi connectivity index (χ0n) is 10.8. The van der Waals surface area contributed by atoms with Gasteiger partial charge in [0.25, 0.3) is 0 Å². The zero-order valence-corrected chi connectivity index (χ0v) is 13.0. The molecule has 0 aliphatic heterocycles. The van der Waals surface area contributed by atoms with E-state index < -0.39 is 5.95 Å². The largest absolute Gasteiger partial charge is 0.235 e. The van der Waals surface area contributed by atoms with Crippen LogP contribution in [-0.2, 0) is 0 Å². The van der Waals surface area contributed by atoms with Crippen LogP contribution >= 0.6 is 22.6 Å². The molecule has 5 heteroatoms. The summed E-state index contributed by atoms with van der Waals surface area (Å²) in [5, 5.41) is 4.53. The second-order valence-electron chi connectivity index (χ2n) is 4.59. The van der Waals surface area contributed by atoms with Crippen LogP contribution in [0.2, 0.25) is 0 Å². The van der Waals surface area contributed by atoms with Crippen LogP contribution in [0.15, 0.2) is 12.1 Å². The number of nitrogens with zero attached hydrogens (tertiary/aromatic N) is 3. The number of aromatic nitrogens is 3. The molecule has 0 aliphatic carbocycles. The van der Waals surface area contributed by atoms with Crippen LogP contribution in [0.25, 0.3) is 5.69 Å². The Morgan fingerprint density at radius 2 is 1.94 bits per heavy atom. The Morgan fingerprint density at radius 1 is 1.28 bits per heavy atom. The van der Waals surface area contributed by atoms with Crippen LogP contribution in [0.3, 0.4) is 0 Å². The maximum Gasteiger partial charge on any atom is 0.213 e. The van der Waals surface area contributed by atoms with Gasteiger partial charge in [-0.1, -0.05) is 13.8 Å². The van der Waals surface area contributed by atoms with Crippen LogP contribution in [0.1, 0.15) is 36.7 Å². The Bertz CT molecular complexity index is 590. The highest BCUT2D eigenvalue weighted by Crippen LogP contribution is 2.27. The molecule has 3 nitrogen and oxygen atoms in total. The highest BCUT2D eigenvalue weighted by molar-refractivity contribution is 14.1. The third-order valence-electron chi connectivity index (χ3n) is 2.95. The van der Waals surface area contributed by atoms with Crippen molar-refractivity contribution < 1.29 is 4.39 Å². The fourth-order valence-electron chi connectivity index (χ4n) is 2.12. The summed E-state index contributed by atoms with van der Waals surface area (Å²) in [4.78, 5) is 3.84. The smallest absolute Gasteiger partial charge is 0.213 e. The third-order valence-corrected chi connectivity index (χ3v) is 3.74. The van der Waals surface area contributed by atoms with Gasteiger partial charge < -0.3 is 0 Å². The molecule has 0 spiro atoms. The molecule has 0 N–H and O–H groups in total. The van der Waals surface area contributed by atoms with Gasteiger partial charge in [-0.05, 0) is 54.5 Å². The van der Waals surface area contributed by atoms with E-state index in [0.29, 0.717) is 11.6 Å². The van der Waals surface area contributed by atoms with Gasteiger partial charge in [0.1, 0.15) is 3.70 Å². The van der Waals surface area contributed by atoms with Crippen LogP contribution in [-0.4, -0.2) is 14.8 Å². The van der Waals surface area contributed by atoms with Crippen molar-refractivity contribution in [1.82, 2.24) is 14.8 Å². The number of aryl methyl sites for hydroxylation is 1. The standard InChI is InChI=1S/C13H15FIN3/c1-7(2)12-9(4)18(17-13(12)15)10-5-6-11(14)16-8(10)3/h5-7H,1-4H3. The molecule has 96 valence electrons.